The van der Waals surface area contributed by atoms with Crippen LogP contribution in [0.2, 0.25) is 0 Å². The predicted octanol–water partition coefficient (Wildman–Crippen LogP) is 17.8. The van der Waals surface area contributed by atoms with Gasteiger partial charge in [-0.1, -0.05) is 194 Å². The Morgan fingerprint density at radius 1 is 0.279 bits per heavy atom. The van der Waals surface area contributed by atoms with Crippen molar-refractivity contribution >= 4 is 71.2 Å². The standard InChI is InChI=1S/C65H41N3/c1-3-16-46(17-4-1)65-66-58-24-13-25-60-64(58)68(65)59-37-35-50(41-61(59)67(60)53-20-5-2-6-21-53)45-28-26-44(27-29-45)49-34-36-56-57(40-49)63(52-33-31-43-15-8-10-19-48(43)39-52)55-23-12-11-22-54(55)62(56)51-32-30-42-14-7-9-18-47(42)38-51/h1-41H. The normalized spacial score (nSPS) is 12.1. The first-order chi connectivity index (χ1) is 33.7. The van der Waals surface area contributed by atoms with Gasteiger partial charge in [0.05, 0.1) is 28.1 Å². The van der Waals surface area contributed by atoms with Gasteiger partial charge in [-0.3, -0.25) is 4.57 Å². The summed E-state index contributed by atoms with van der Waals surface area (Å²) in [4.78, 5) is 7.63. The van der Waals surface area contributed by atoms with Gasteiger partial charge < -0.3 is 4.90 Å². The van der Waals surface area contributed by atoms with Gasteiger partial charge in [0.15, 0.2) is 0 Å². The van der Waals surface area contributed by atoms with E-state index in [2.05, 4.69) is 258 Å². The highest BCUT2D eigenvalue weighted by molar-refractivity contribution is 6.22. The molecule has 3 heteroatoms. The zero-order valence-electron chi connectivity index (χ0n) is 37.0. The number of anilines is 3. The SMILES string of the molecule is c1ccc(-c2nc3cccc4c3n2-c2ccc(-c3ccc(-c5ccc6c(-c7ccc8ccccc8c7)c7ccccc7c(-c7ccc8ccccc8c7)c6c5)cc3)cc2N4c2ccccc2)cc1. The molecular weight excluding hydrogens is 823 g/mol. The van der Waals surface area contributed by atoms with Crippen LogP contribution < -0.4 is 4.90 Å². The largest absolute Gasteiger partial charge is 0.306 e. The van der Waals surface area contributed by atoms with Crippen molar-refractivity contribution in [2.24, 2.45) is 0 Å². The van der Waals surface area contributed by atoms with Gasteiger partial charge in [0.1, 0.15) is 5.82 Å². The lowest BCUT2D eigenvalue weighted by molar-refractivity contribution is 1.06. The molecule has 0 amide bonds. The van der Waals surface area contributed by atoms with Crippen molar-refractivity contribution in [2.75, 3.05) is 4.90 Å². The first-order valence-electron chi connectivity index (χ1n) is 23.4. The molecule has 316 valence electrons. The molecule has 0 saturated carbocycles. The quantitative estimate of drug-likeness (QED) is 0.155. The van der Waals surface area contributed by atoms with E-state index >= 15 is 0 Å². The lowest BCUT2D eigenvalue weighted by Crippen LogP contribution is -2.18. The van der Waals surface area contributed by atoms with E-state index < -0.39 is 0 Å². The number of benzene rings is 12. The summed E-state index contributed by atoms with van der Waals surface area (Å²) in [5.41, 5.74) is 17.2. The van der Waals surface area contributed by atoms with Gasteiger partial charge in [0, 0.05) is 11.3 Å². The molecule has 13 aromatic rings. The molecule has 0 saturated heterocycles. The van der Waals surface area contributed by atoms with Crippen molar-refractivity contribution in [2.45, 2.75) is 0 Å². The monoisotopic (exact) mass is 863 g/mol. The average Bonchev–Trinajstić information content (AvgIpc) is 3.81. The second-order valence-electron chi connectivity index (χ2n) is 17.9. The molecule has 1 aromatic heterocycles. The predicted molar refractivity (Wildman–Crippen MR) is 287 cm³/mol. The molecule has 2 heterocycles. The van der Waals surface area contributed by atoms with E-state index in [9.17, 15) is 0 Å². The Labute approximate surface area is 394 Å². The van der Waals surface area contributed by atoms with Crippen LogP contribution in [0.1, 0.15) is 0 Å². The van der Waals surface area contributed by atoms with E-state index in [0.29, 0.717) is 0 Å². The summed E-state index contributed by atoms with van der Waals surface area (Å²) in [6.07, 6.45) is 0. The van der Waals surface area contributed by atoms with E-state index in [0.717, 1.165) is 56.3 Å². The Hall–Kier alpha value is -9.05. The third kappa shape index (κ3) is 6.03. The molecule has 0 fully saturated rings. The zero-order valence-corrected chi connectivity index (χ0v) is 37.0. The third-order valence-corrected chi connectivity index (χ3v) is 14.1. The van der Waals surface area contributed by atoms with Gasteiger partial charge in [-0.2, -0.15) is 0 Å². The molecule has 0 N–H and O–H groups in total. The fourth-order valence-electron chi connectivity index (χ4n) is 10.9. The highest BCUT2D eigenvalue weighted by Crippen LogP contribution is 2.50. The van der Waals surface area contributed by atoms with Gasteiger partial charge in [-0.05, 0) is 142 Å². The van der Waals surface area contributed by atoms with Crippen molar-refractivity contribution in [3.05, 3.63) is 249 Å². The maximum Gasteiger partial charge on any atom is 0.145 e. The van der Waals surface area contributed by atoms with Gasteiger partial charge >= 0.3 is 0 Å². The van der Waals surface area contributed by atoms with Crippen molar-refractivity contribution < 1.29 is 0 Å². The topological polar surface area (TPSA) is 21.1 Å². The summed E-state index contributed by atoms with van der Waals surface area (Å²) in [7, 11) is 0. The molecule has 1 aliphatic rings. The second kappa shape index (κ2) is 15.3. The lowest BCUT2D eigenvalue weighted by atomic mass is 9.84. The number of imidazole rings is 1. The molecule has 0 atom stereocenters. The van der Waals surface area contributed by atoms with Crippen LogP contribution >= 0.6 is 0 Å². The molecule has 1 aliphatic heterocycles. The van der Waals surface area contributed by atoms with E-state index in [1.807, 2.05) is 0 Å². The summed E-state index contributed by atoms with van der Waals surface area (Å²) in [6, 6.07) is 90.9. The first kappa shape index (κ1) is 38.2. The van der Waals surface area contributed by atoms with E-state index in [4.69, 9.17) is 4.98 Å². The van der Waals surface area contributed by atoms with Crippen LogP contribution in [0.4, 0.5) is 17.1 Å². The molecule has 0 bridgehead atoms. The minimum atomic E-state index is 0.940. The van der Waals surface area contributed by atoms with Gasteiger partial charge in [0.25, 0.3) is 0 Å². The van der Waals surface area contributed by atoms with E-state index in [1.165, 1.54) is 76.5 Å². The van der Waals surface area contributed by atoms with Crippen LogP contribution in [0.25, 0.3) is 116 Å². The third-order valence-electron chi connectivity index (χ3n) is 14.1. The minimum Gasteiger partial charge on any atom is -0.306 e. The fraction of sp³-hybridized carbons (Fsp3) is 0. The molecule has 12 aromatic carbocycles. The molecule has 0 spiro atoms. The number of nitrogens with zero attached hydrogens (tertiary/aromatic N) is 3. The van der Waals surface area contributed by atoms with Gasteiger partial charge in [-0.15, -0.1) is 0 Å². The van der Waals surface area contributed by atoms with Gasteiger partial charge in [0.2, 0.25) is 0 Å². The Morgan fingerprint density at radius 2 is 0.794 bits per heavy atom. The smallest absolute Gasteiger partial charge is 0.145 e. The summed E-state index contributed by atoms with van der Waals surface area (Å²) >= 11 is 0. The maximum absolute atomic E-state index is 5.24. The highest BCUT2D eigenvalue weighted by atomic mass is 15.2. The Balaban J connectivity index is 0.924. The number of hydrogen-bond acceptors (Lipinski definition) is 2. The van der Waals surface area contributed by atoms with Crippen molar-refractivity contribution in [3.63, 3.8) is 0 Å². The zero-order chi connectivity index (χ0) is 44.7. The molecule has 14 rings (SSSR count). The summed E-state index contributed by atoms with van der Waals surface area (Å²) in [5, 5.41) is 9.95. The fourth-order valence-corrected chi connectivity index (χ4v) is 10.9. The van der Waals surface area contributed by atoms with Gasteiger partial charge in [-0.25, -0.2) is 4.98 Å². The molecule has 0 aliphatic carbocycles. The first-order valence-corrected chi connectivity index (χ1v) is 23.4. The van der Waals surface area contributed by atoms with Crippen LogP contribution in [0, 0.1) is 0 Å². The number of hydrogen-bond donors (Lipinski definition) is 0. The Kier molecular flexibility index (Phi) is 8.59. The molecule has 0 unspecified atom stereocenters. The Bertz CT molecular complexity index is 4130. The van der Waals surface area contributed by atoms with Crippen LogP contribution in [-0.4, -0.2) is 9.55 Å². The minimum absolute atomic E-state index is 0.940. The summed E-state index contributed by atoms with van der Waals surface area (Å²) in [5.74, 6) is 0.940. The number of rotatable bonds is 6. The molecule has 68 heavy (non-hydrogen) atoms. The van der Waals surface area contributed by atoms with E-state index in [-0.39, 0.29) is 0 Å². The number of para-hydroxylation sites is 2. The molecule has 0 radical (unpaired) electrons. The van der Waals surface area contributed by atoms with Crippen LogP contribution in [0.5, 0.6) is 0 Å². The molecular formula is C65H41N3. The van der Waals surface area contributed by atoms with E-state index in [1.54, 1.807) is 0 Å². The Morgan fingerprint density at radius 3 is 1.46 bits per heavy atom. The van der Waals surface area contributed by atoms with Crippen molar-refractivity contribution in [3.8, 4) is 61.6 Å². The highest BCUT2D eigenvalue weighted by Gasteiger charge is 2.30. The van der Waals surface area contributed by atoms with Crippen LogP contribution in [-0.2, 0) is 0 Å². The maximum atomic E-state index is 5.24. The lowest BCUT2D eigenvalue weighted by Gasteiger charge is -2.33. The second-order valence-corrected chi connectivity index (χ2v) is 17.9. The number of aromatic nitrogens is 2. The van der Waals surface area contributed by atoms with Crippen LogP contribution in [0.3, 0.4) is 0 Å². The molecule has 3 nitrogen and oxygen atoms in total. The van der Waals surface area contributed by atoms with Crippen molar-refractivity contribution in [1.29, 1.82) is 0 Å². The number of fused-ring (bicyclic) bond motifs is 6. The summed E-state index contributed by atoms with van der Waals surface area (Å²) < 4.78 is 2.35. The summed E-state index contributed by atoms with van der Waals surface area (Å²) in [6.45, 7) is 0. The van der Waals surface area contributed by atoms with Crippen LogP contribution in [0.15, 0.2) is 249 Å². The average molecular weight is 864 g/mol. The van der Waals surface area contributed by atoms with Crippen molar-refractivity contribution in [1.82, 2.24) is 9.55 Å².